The molecule has 1 unspecified atom stereocenters. The van der Waals surface area contributed by atoms with Crippen molar-refractivity contribution < 1.29 is 9.90 Å². The van der Waals surface area contributed by atoms with Crippen molar-refractivity contribution in [1.29, 1.82) is 0 Å². The summed E-state index contributed by atoms with van der Waals surface area (Å²) in [4.78, 5) is 11.3. The van der Waals surface area contributed by atoms with Crippen molar-refractivity contribution in [2.75, 3.05) is 6.54 Å². The van der Waals surface area contributed by atoms with Crippen molar-refractivity contribution in [3.05, 3.63) is 11.6 Å². The molecule has 0 spiro atoms. The Morgan fingerprint density at radius 2 is 2.36 bits per heavy atom. The average Bonchev–Trinajstić information content (AvgIpc) is 2.40. The molecule has 4 heteroatoms. The monoisotopic (exact) mass is 196 g/mol. The third kappa shape index (κ3) is 1.44. The van der Waals surface area contributed by atoms with Gasteiger partial charge in [0.2, 0.25) is 0 Å². The Morgan fingerprint density at radius 3 is 3.14 bits per heavy atom. The van der Waals surface area contributed by atoms with Crippen LogP contribution in [0.2, 0.25) is 0 Å². The van der Waals surface area contributed by atoms with E-state index in [0.717, 1.165) is 37.8 Å². The van der Waals surface area contributed by atoms with Gasteiger partial charge in [-0.3, -0.25) is 5.43 Å². The number of hydrogen-bond donors (Lipinski definition) is 3. The molecule has 1 aliphatic carbocycles. The molecule has 2 aliphatic rings. The zero-order valence-electron chi connectivity index (χ0n) is 8.18. The minimum atomic E-state index is -0.825. The summed E-state index contributed by atoms with van der Waals surface area (Å²) in [5, 5.41) is 9.31. The van der Waals surface area contributed by atoms with Gasteiger partial charge >= 0.3 is 5.97 Å². The average molecular weight is 196 g/mol. The summed E-state index contributed by atoms with van der Waals surface area (Å²) in [7, 11) is 0. The number of rotatable bonds is 1. The largest absolute Gasteiger partial charge is 0.480 e. The molecule has 1 aliphatic heterocycles. The molecule has 0 aromatic rings. The minimum Gasteiger partial charge on any atom is -0.480 e. The molecule has 0 aromatic carbocycles. The van der Waals surface area contributed by atoms with E-state index in [9.17, 15) is 9.90 Å². The molecule has 0 amide bonds. The number of fused-ring (bicyclic) bond motifs is 1. The zero-order valence-corrected chi connectivity index (χ0v) is 8.18. The summed E-state index contributed by atoms with van der Waals surface area (Å²) >= 11 is 0. The van der Waals surface area contributed by atoms with E-state index in [0.29, 0.717) is 6.42 Å². The van der Waals surface area contributed by atoms with Crippen molar-refractivity contribution in [2.45, 2.75) is 37.6 Å². The smallest absolute Gasteiger partial charge is 0.329 e. The predicted octanol–water partition coefficient (Wildman–Crippen LogP) is 0.808. The molecule has 1 atom stereocenters. The third-order valence-corrected chi connectivity index (χ3v) is 3.11. The van der Waals surface area contributed by atoms with Crippen LogP contribution in [0.3, 0.4) is 0 Å². The lowest BCUT2D eigenvalue weighted by Gasteiger charge is -2.34. The first-order chi connectivity index (χ1) is 6.76. The van der Waals surface area contributed by atoms with E-state index < -0.39 is 11.5 Å². The van der Waals surface area contributed by atoms with E-state index in [1.165, 1.54) is 0 Å². The van der Waals surface area contributed by atoms with E-state index in [1.54, 1.807) is 0 Å². The van der Waals surface area contributed by atoms with Gasteiger partial charge in [0, 0.05) is 6.54 Å². The standard InChI is InChI=1S/C10H16N2O2/c13-9(14)10-6-2-1-4-8(10)5-3-7-11-12-10/h4,11-12H,1-3,5-7H2,(H,13,14). The van der Waals surface area contributed by atoms with Crippen LogP contribution in [0, 0.1) is 0 Å². The fourth-order valence-electron chi connectivity index (χ4n) is 2.31. The molecular formula is C10H16N2O2. The number of carboxylic acids is 1. The molecule has 0 bridgehead atoms. The molecule has 78 valence electrons. The van der Waals surface area contributed by atoms with Gasteiger partial charge < -0.3 is 5.11 Å². The molecule has 0 saturated carbocycles. The molecule has 14 heavy (non-hydrogen) atoms. The van der Waals surface area contributed by atoms with Crippen LogP contribution in [0.1, 0.15) is 32.1 Å². The quantitative estimate of drug-likeness (QED) is 0.543. The molecule has 2 rings (SSSR count). The maximum atomic E-state index is 11.3. The van der Waals surface area contributed by atoms with E-state index >= 15 is 0 Å². The van der Waals surface area contributed by atoms with Crippen LogP contribution >= 0.6 is 0 Å². The van der Waals surface area contributed by atoms with Gasteiger partial charge in [0.1, 0.15) is 0 Å². The Hall–Kier alpha value is -0.870. The van der Waals surface area contributed by atoms with Crippen molar-refractivity contribution in [3.8, 4) is 0 Å². The molecule has 1 fully saturated rings. The summed E-state index contributed by atoms with van der Waals surface area (Å²) < 4.78 is 0. The van der Waals surface area contributed by atoms with E-state index in [1.807, 2.05) is 0 Å². The summed E-state index contributed by atoms with van der Waals surface area (Å²) in [5.74, 6) is -0.752. The van der Waals surface area contributed by atoms with Crippen molar-refractivity contribution in [3.63, 3.8) is 0 Å². The number of hydrogen-bond acceptors (Lipinski definition) is 3. The summed E-state index contributed by atoms with van der Waals surface area (Å²) in [6.45, 7) is 0.840. The number of hydrazine groups is 1. The van der Waals surface area contributed by atoms with Gasteiger partial charge in [-0.05, 0) is 37.7 Å². The first-order valence-corrected chi connectivity index (χ1v) is 5.19. The lowest BCUT2D eigenvalue weighted by molar-refractivity contribution is -0.144. The normalized spacial score (nSPS) is 32.7. The van der Waals surface area contributed by atoms with Gasteiger partial charge in [0.05, 0.1) is 0 Å². The molecular weight excluding hydrogens is 180 g/mol. The second-order valence-electron chi connectivity index (χ2n) is 3.99. The van der Waals surface area contributed by atoms with Crippen LogP contribution in [-0.2, 0) is 4.79 Å². The van der Waals surface area contributed by atoms with Gasteiger partial charge in [0.25, 0.3) is 0 Å². The first-order valence-electron chi connectivity index (χ1n) is 5.19. The summed E-state index contributed by atoms with van der Waals surface area (Å²) in [6.07, 6.45) is 6.66. The Bertz CT molecular complexity index is 275. The van der Waals surface area contributed by atoms with Gasteiger partial charge in [-0.2, -0.15) is 0 Å². The lowest BCUT2D eigenvalue weighted by atomic mass is 9.79. The summed E-state index contributed by atoms with van der Waals surface area (Å²) in [6, 6.07) is 0. The molecule has 1 heterocycles. The predicted molar refractivity (Wildman–Crippen MR) is 52.7 cm³/mol. The van der Waals surface area contributed by atoms with Crippen molar-refractivity contribution in [1.82, 2.24) is 10.9 Å². The molecule has 3 N–H and O–H groups in total. The fraction of sp³-hybridized carbons (Fsp3) is 0.700. The molecule has 4 nitrogen and oxygen atoms in total. The number of allylic oxidation sites excluding steroid dienone is 1. The number of carbonyl (C=O) groups is 1. The highest BCUT2D eigenvalue weighted by Gasteiger charge is 2.43. The number of nitrogens with one attached hydrogen (secondary N) is 2. The van der Waals surface area contributed by atoms with Crippen LogP contribution in [0.4, 0.5) is 0 Å². The van der Waals surface area contributed by atoms with Crippen LogP contribution in [0.25, 0.3) is 0 Å². The lowest BCUT2D eigenvalue weighted by Crippen LogP contribution is -2.58. The zero-order chi connectivity index (χ0) is 10.0. The fourth-order valence-corrected chi connectivity index (χ4v) is 2.31. The first kappa shape index (κ1) is 9.68. The van der Waals surface area contributed by atoms with E-state index in [2.05, 4.69) is 16.9 Å². The Kier molecular flexibility index (Phi) is 2.56. The molecule has 0 aromatic heterocycles. The maximum Gasteiger partial charge on any atom is 0.329 e. The van der Waals surface area contributed by atoms with Crippen molar-refractivity contribution in [2.24, 2.45) is 0 Å². The van der Waals surface area contributed by atoms with Gasteiger partial charge in [-0.25, -0.2) is 10.2 Å². The van der Waals surface area contributed by atoms with Crippen molar-refractivity contribution >= 4 is 5.97 Å². The highest BCUT2D eigenvalue weighted by atomic mass is 16.4. The van der Waals surface area contributed by atoms with Crippen LogP contribution in [0.15, 0.2) is 11.6 Å². The third-order valence-electron chi connectivity index (χ3n) is 3.11. The molecule has 1 saturated heterocycles. The second-order valence-corrected chi connectivity index (χ2v) is 3.99. The van der Waals surface area contributed by atoms with Gasteiger partial charge in [-0.15, -0.1) is 0 Å². The van der Waals surface area contributed by atoms with Crippen LogP contribution in [-0.4, -0.2) is 23.2 Å². The molecule has 0 radical (unpaired) electrons. The van der Waals surface area contributed by atoms with E-state index in [4.69, 9.17) is 0 Å². The summed E-state index contributed by atoms with van der Waals surface area (Å²) in [5.41, 5.74) is 6.21. The van der Waals surface area contributed by atoms with Gasteiger partial charge in [-0.1, -0.05) is 6.08 Å². The minimum absolute atomic E-state index is 0.696. The Morgan fingerprint density at radius 1 is 1.50 bits per heavy atom. The highest BCUT2D eigenvalue weighted by Crippen LogP contribution is 2.33. The SMILES string of the molecule is O=C(O)C12CCCC=C1CCCNN2. The second kappa shape index (κ2) is 3.71. The maximum absolute atomic E-state index is 11.3. The van der Waals surface area contributed by atoms with Gasteiger partial charge in [0.15, 0.2) is 5.54 Å². The Balaban J connectivity index is 2.34. The van der Waals surface area contributed by atoms with Crippen LogP contribution < -0.4 is 10.9 Å². The number of carboxylic acid groups (broad SMARTS) is 1. The highest BCUT2D eigenvalue weighted by molar-refractivity contribution is 5.83. The number of aliphatic carboxylic acids is 1. The Labute approximate surface area is 83.3 Å². The van der Waals surface area contributed by atoms with Crippen LogP contribution in [0.5, 0.6) is 0 Å². The van der Waals surface area contributed by atoms with E-state index in [-0.39, 0.29) is 0 Å². The topological polar surface area (TPSA) is 61.4 Å².